The van der Waals surface area contributed by atoms with Gasteiger partial charge in [0.2, 0.25) is 0 Å². The Kier molecular flexibility index (Phi) is 1.98. The van der Waals surface area contributed by atoms with E-state index in [0.717, 1.165) is 12.0 Å². The van der Waals surface area contributed by atoms with Gasteiger partial charge in [-0.2, -0.15) is 0 Å². The van der Waals surface area contributed by atoms with Crippen molar-refractivity contribution >= 4 is 0 Å². The number of ether oxygens (including phenoxy) is 1. The maximum atomic E-state index is 9.87. The summed E-state index contributed by atoms with van der Waals surface area (Å²) < 4.78 is 5.03. The van der Waals surface area contributed by atoms with Crippen molar-refractivity contribution < 1.29 is 9.84 Å². The molecular weight excluding hydrogens is 190 g/mol. The number of phenolic OH excluding ortho intramolecular Hbond substituents is 1. The fourth-order valence-electron chi connectivity index (χ4n) is 2.13. The third-order valence-corrected chi connectivity index (χ3v) is 3.49. The zero-order valence-corrected chi connectivity index (χ0v) is 9.37. The first-order chi connectivity index (χ1) is 6.90. The van der Waals surface area contributed by atoms with Crippen LogP contribution in [0.3, 0.4) is 0 Å². The molecule has 82 valence electrons. The van der Waals surface area contributed by atoms with Crippen molar-refractivity contribution in [2.45, 2.75) is 25.8 Å². The van der Waals surface area contributed by atoms with Crippen molar-refractivity contribution in [2.24, 2.45) is 11.1 Å². The Bertz CT molecular complexity index is 401. The van der Waals surface area contributed by atoms with Crippen LogP contribution < -0.4 is 10.5 Å². The number of methoxy groups -OCH3 is 1. The van der Waals surface area contributed by atoms with E-state index in [1.807, 2.05) is 12.1 Å². The van der Waals surface area contributed by atoms with E-state index < -0.39 is 0 Å². The van der Waals surface area contributed by atoms with E-state index in [0.29, 0.717) is 5.75 Å². The molecule has 0 bridgehead atoms. The van der Waals surface area contributed by atoms with Gasteiger partial charge in [-0.15, -0.1) is 0 Å². The van der Waals surface area contributed by atoms with Gasteiger partial charge in [0.15, 0.2) is 0 Å². The molecule has 0 spiro atoms. The number of hydrogen-bond acceptors (Lipinski definition) is 3. The average Bonchev–Trinajstić information content (AvgIpc) is 2.66. The van der Waals surface area contributed by atoms with Crippen LogP contribution in [0, 0.1) is 5.41 Å². The Morgan fingerprint density at radius 2 is 2.00 bits per heavy atom. The van der Waals surface area contributed by atoms with E-state index in [-0.39, 0.29) is 16.7 Å². The molecular formula is C12H17NO2. The van der Waals surface area contributed by atoms with Crippen LogP contribution >= 0.6 is 0 Å². The molecule has 0 saturated heterocycles. The molecule has 15 heavy (non-hydrogen) atoms. The molecule has 1 aliphatic carbocycles. The van der Waals surface area contributed by atoms with Gasteiger partial charge in [0.05, 0.1) is 12.6 Å². The first-order valence-corrected chi connectivity index (χ1v) is 5.07. The van der Waals surface area contributed by atoms with Crippen molar-refractivity contribution in [3.8, 4) is 11.5 Å². The van der Waals surface area contributed by atoms with Gasteiger partial charge in [-0.05, 0) is 24.0 Å². The molecule has 1 unspecified atom stereocenters. The smallest absolute Gasteiger partial charge is 0.124 e. The zero-order chi connectivity index (χ0) is 11.3. The van der Waals surface area contributed by atoms with Crippen molar-refractivity contribution in [1.82, 2.24) is 0 Å². The highest BCUT2D eigenvalue weighted by Crippen LogP contribution is 2.62. The van der Waals surface area contributed by atoms with E-state index in [1.54, 1.807) is 13.2 Å². The predicted octanol–water partition coefficient (Wildman–Crippen LogP) is 1.98. The highest BCUT2D eigenvalue weighted by Gasteiger charge is 2.60. The minimum absolute atomic E-state index is 0.0685. The summed E-state index contributed by atoms with van der Waals surface area (Å²) in [7, 11) is 1.58. The molecule has 1 atom stereocenters. The lowest BCUT2D eigenvalue weighted by atomic mass is 9.96. The monoisotopic (exact) mass is 207 g/mol. The fourth-order valence-corrected chi connectivity index (χ4v) is 2.13. The molecule has 2 rings (SSSR count). The quantitative estimate of drug-likeness (QED) is 0.779. The van der Waals surface area contributed by atoms with Gasteiger partial charge in [-0.25, -0.2) is 0 Å². The maximum Gasteiger partial charge on any atom is 0.124 e. The van der Waals surface area contributed by atoms with E-state index in [9.17, 15) is 5.11 Å². The van der Waals surface area contributed by atoms with Gasteiger partial charge in [-0.3, -0.25) is 0 Å². The third kappa shape index (κ3) is 1.38. The van der Waals surface area contributed by atoms with Gasteiger partial charge in [-0.1, -0.05) is 13.8 Å². The molecule has 0 aliphatic heterocycles. The SMILES string of the molecule is COc1ccc(C2(N)CC2(C)C)c(O)c1. The number of nitrogens with two attached hydrogens (primary N) is 1. The van der Waals surface area contributed by atoms with Gasteiger partial charge in [0.25, 0.3) is 0 Å². The summed E-state index contributed by atoms with van der Waals surface area (Å²) in [5.74, 6) is 0.876. The number of benzene rings is 1. The lowest BCUT2D eigenvalue weighted by Gasteiger charge is -2.17. The molecule has 0 radical (unpaired) electrons. The lowest BCUT2D eigenvalue weighted by molar-refractivity contribution is 0.401. The molecule has 3 heteroatoms. The highest BCUT2D eigenvalue weighted by atomic mass is 16.5. The minimum Gasteiger partial charge on any atom is -0.507 e. The summed E-state index contributed by atoms with van der Waals surface area (Å²) in [5.41, 5.74) is 6.73. The first kappa shape index (κ1) is 10.3. The Balaban J connectivity index is 2.39. The normalized spacial score (nSPS) is 27.5. The summed E-state index contributed by atoms with van der Waals surface area (Å²) in [6, 6.07) is 5.29. The predicted molar refractivity (Wildman–Crippen MR) is 58.9 cm³/mol. The Hall–Kier alpha value is -1.22. The highest BCUT2D eigenvalue weighted by molar-refractivity contribution is 5.48. The molecule has 3 nitrogen and oxygen atoms in total. The van der Waals surface area contributed by atoms with E-state index in [1.165, 1.54) is 0 Å². The number of hydrogen-bond donors (Lipinski definition) is 2. The summed E-state index contributed by atoms with van der Waals surface area (Å²) in [5, 5.41) is 9.87. The number of aromatic hydroxyl groups is 1. The van der Waals surface area contributed by atoms with Crippen molar-refractivity contribution in [2.75, 3.05) is 7.11 Å². The van der Waals surface area contributed by atoms with Crippen LogP contribution in [-0.2, 0) is 5.54 Å². The van der Waals surface area contributed by atoms with E-state index in [2.05, 4.69) is 13.8 Å². The van der Waals surface area contributed by atoms with Crippen LogP contribution in [-0.4, -0.2) is 12.2 Å². The zero-order valence-electron chi connectivity index (χ0n) is 9.37. The minimum atomic E-state index is -0.386. The van der Waals surface area contributed by atoms with E-state index >= 15 is 0 Å². The molecule has 1 aromatic rings. The molecule has 1 aromatic carbocycles. The second-order valence-electron chi connectivity index (χ2n) is 4.92. The van der Waals surface area contributed by atoms with Crippen LogP contribution in [0.4, 0.5) is 0 Å². The largest absolute Gasteiger partial charge is 0.507 e. The van der Waals surface area contributed by atoms with Crippen LogP contribution in [0.2, 0.25) is 0 Å². The summed E-state index contributed by atoms with van der Waals surface area (Å²) in [4.78, 5) is 0. The molecule has 0 aromatic heterocycles. The first-order valence-electron chi connectivity index (χ1n) is 5.07. The topological polar surface area (TPSA) is 55.5 Å². The Morgan fingerprint density at radius 1 is 1.40 bits per heavy atom. The molecule has 0 amide bonds. The van der Waals surface area contributed by atoms with Gasteiger partial charge >= 0.3 is 0 Å². The second-order valence-corrected chi connectivity index (χ2v) is 4.92. The molecule has 1 aliphatic rings. The molecule has 3 N–H and O–H groups in total. The summed E-state index contributed by atoms with van der Waals surface area (Å²) in [6.07, 6.45) is 0.903. The van der Waals surface area contributed by atoms with E-state index in [4.69, 9.17) is 10.5 Å². The Morgan fingerprint density at radius 3 is 2.40 bits per heavy atom. The molecule has 0 heterocycles. The average molecular weight is 207 g/mol. The summed E-state index contributed by atoms with van der Waals surface area (Å²) in [6.45, 7) is 4.22. The molecule has 1 fully saturated rings. The fraction of sp³-hybridized carbons (Fsp3) is 0.500. The maximum absolute atomic E-state index is 9.87. The van der Waals surface area contributed by atoms with Crippen LogP contribution in [0.25, 0.3) is 0 Å². The third-order valence-electron chi connectivity index (χ3n) is 3.49. The Labute approximate surface area is 89.9 Å². The van der Waals surface area contributed by atoms with Crippen LogP contribution in [0.1, 0.15) is 25.8 Å². The van der Waals surface area contributed by atoms with Gasteiger partial charge < -0.3 is 15.6 Å². The molecule has 1 saturated carbocycles. The van der Waals surface area contributed by atoms with Gasteiger partial charge in [0.1, 0.15) is 11.5 Å². The summed E-state index contributed by atoms with van der Waals surface area (Å²) >= 11 is 0. The number of rotatable bonds is 2. The van der Waals surface area contributed by atoms with Crippen molar-refractivity contribution in [1.29, 1.82) is 0 Å². The lowest BCUT2D eigenvalue weighted by Crippen LogP contribution is -2.25. The van der Waals surface area contributed by atoms with Crippen LogP contribution in [0.5, 0.6) is 11.5 Å². The number of phenols is 1. The van der Waals surface area contributed by atoms with Crippen molar-refractivity contribution in [3.63, 3.8) is 0 Å². The second kappa shape index (κ2) is 2.89. The standard InChI is InChI=1S/C12H17NO2/c1-11(2)7-12(11,13)9-5-4-8(15-3)6-10(9)14/h4-6,14H,7,13H2,1-3H3. The van der Waals surface area contributed by atoms with Crippen LogP contribution in [0.15, 0.2) is 18.2 Å². The van der Waals surface area contributed by atoms with Crippen molar-refractivity contribution in [3.05, 3.63) is 23.8 Å². The van der Waals surface area contributed by atoms with Gasteiger partial charge in [0, 0.05) is 11.6 Å².